The average molecular weight is 411 g/mol. The number of methoxy groups -OCH3 is 2. The van der Waals surface area contributed by atoms with E-state index in [1.807, 2.05) is 13.8 Å². The van der Waals surface area contributed by atoms with Crippen molar-refractivity contribution in [2.45, 2.75) is 57.6 Å². The molecule has 0 unspecified atom stereocenters. The van der Waals surface area contributed by atoms with Crippen LogP contribution in [0.15, 0.2) is 6.08 Å². The zero-order chi connectivity index (χ0) is 21.4. The van der Waals surface area contributed by atoms with Gasteiger partial charge in [-0.05, 0) is 33.8 Å². The zero-order valence-corrected chi connectivity index (χ0v) is 17.2. The number of nitro groups is 1. The minimum atomic E-state index is -0.858. The molecular weight excluding hydrogens is 386 g/mol. The highest BCUT2D eigenvalue weighted by Gasteiger charge is 2.48. The van der Waals surface area contributed by atoms with E-state index in [4.69, 9.17) is 28.4 Å². The Morgan fingerprint density at radius 3 is 2.38 bits per heavy atom. The minimum absolute atomic E-state index is 0.0228. The molecule has 160 valence electrons. The van der Waals surface area contributed by atoms with Gasteiger partial charge in [0.1, 0.15) is 18.3 Å². The summed E-state index contributed by atoms with van der Waals surface area (Å²) in [6.45, 7) is 7.56. The molecule has 0 saturated carbocycles. The Bertz CT molecular complexity index is 811. The highest BCUT2D eigenvalue weighted by atomic mass is 16.8. The first-order valence-electron chi connectivity index (χ1n) is 9.05. The van der Waals surface area contributed by atoms with Gasteiger partial charge in [0.25, 0.3) is 0 Å². The van der Waals surface area contributed by atoms with Crippen molar-refractivity contribution in [3.63, 3.8) is 0 Å². The molecule has 1 aromatic rings. The third-order valence-corrected chi connectivity index (χ3v) is 4.42. The Balaban J connectivity index is 1.92. The second-order valence-corrected chi connectivity index (χ2v) is 7.50. The molecule has 3 rings (SSSR count). The molecule has 3 atom stereocenters. The SMILES string of the molecule is COc1nc(/C=C/[C@@H]2OC(C)(C)O[C@@H]2[C@H]2COC(C)(C)O2)c([N+](=O)[O-])c(OC)n1. The Morgan fingerprint density at radius 1 is 1.10 bits per heavy atom. The maximum Gasteiger partial charge on any atom is 0.356 e. The molecule has 2 saturated heterocycles. The molecule has 29 heavy (non-hydrogen) atoms. The van der Waals surface area contributed by atoms with Gasteiger partial charge in [-0.25, -0.2) is 0 Å². The number of nitrogens with zero attached hydrogens (tertiary/aromatic N) is 3. The zero-order valence-electron chi connectivity index (χ0n) is 17.2. The van der Waals surface area contributed by atoms with Crippen molar-refractivity contribution in [1.29, 1.82) is 0 Å². The summed E-state index contributed by atoms with van der Waals surface area (Å²) in [6.07, 6.45) is 1.74. The van der Waals surface area contributed by atoms with Gasteiger partial charge in [0.15, 0.2) is 17.3 Å². The molecule has 1 aromatic heterocycles. The molecule has 0 amide bonds. The van der Waals surface area contributed by atoms with Crippen LogP contribution in [0.1, 0.15) is 33.4 Å². The topological polar surface area (TPSA) is 124 Å². The van der Waals surface area contributed by atoms with E-state index in [1.165, 1.54) is 20.3 Å². The van der Waals surface area contributed by atoms with Crippen molar-refractivity contribution < 1.29 is 33.3 Å². The van der Waals surface area contributed by atoms with Gasteiger partial charge in [-0.1, -0.05) is 6.08 Å². The summed E-state index contributed by atoms with van der Waals surface area (Å²) in [5, 5.41) is 11.5. The van der Waals surface area contributed by atoms with Crippen molar-refractivity contribution in [2.24, 2.45) is 0 Å². The van der Waals surface area contributed by atoms with Gasteiger partial charge in [-0.3, -0.25) is 10.1 Å². The lowest BCUT2D eigenvalue weighted by Crippen LogP contribution is -2.37. The van der Waals surface area contributed by atoms with Gasteiger partial charge < -0.3 is 28.4 Å². The van der Waals surface area contributed by atoms with Crippen LogP contribution >= 0.6 is 0 Å². The fourth-order valence-corrected chi connectivity index (χ4v) is 3.27. The summed E-state index contributed by atoms with van der Waals surface area (Å²) < 4.78 is 33.5. The van der Waals surface area contributed by atoms with E-state index in [9.17, 15) is 10.1 Å². The van der Waals surface area contributed by atoms with Crippen LogP contribution in [0.25, 0.3) is 6.08 Å². The van der Waals surface area contributed by atoms with Gasteiger partial charge in [0.2, 0.25) is 0 Å². The summed E-state index contributed by atoms with van der Waals surface area (Å²) in [5.41, 5.74) is -0.351. The van der Waals surface area contributed by atoms with Crippen LogP contribution in [0.3, 0.4) is 0 Å². The van der Waals surface area contributed by atoms with E-state index >= 15 is 0 Å². The first-order valence-corrected chi connectivity index (χ1v) is 9.05. The summed E-state index contributed by atoms with van der Waals surface area (Å²) in [7, 11) is 2.65. The molecule has 0 bridgehead atoms. The van der Waals surface area contributed by atoms with Crippen LogP contribution in [0, 0.1) is 10.1 Å². The number of ether oxygens (including phenoxy) is 6. The van der Waals surface area contributed by atoms with Crippen molar-refractivity contribution in [3.05, 3.63) is 21.9 Å². The van der Waals surface area contributed by atoms with Gasteiger partial charge in [-0.15, -0.1) is 0 Å². The monoisotopic (exact) mass is 411 g/mol. The van der Waals surface area contributed by atoms with Gasteiger partial charge in [0.05, 0.1) is 25.7 Å². The Morgan fingerprint density at radius 2 is 1.83 bits per heavy atom. The van der Waals surface area contributed by atoms with Crippen molar-refractivity contribution in [2.75, 3.05) is 20.8 Å². The fourth-order valence-electron chi connectivity index (χ4n) is 3.27. The van der Waals surface area contributed by atoms with Crippen molar-refractivity contribution >= 4 is 11.8 Å². The van der Waals surface area contributed by atoms with Gasteiger partial charge >= 0.3 is 17.6 Å². The second-order valence-electron chi connectivity index (χ2n) is 7.50. The summed E-state index contributed by atoms with van der Waals surface area (Å²) in [5.74, 6) is -1.78. The van der Waals surface area contributed by atoms with Gasteiger partial charge in [0, 0.05) is 0 Å². The molecule has 11 nitrogen and oxygen atoms in total. The van der Waals surface area contributed by atoms with E-state index in [2.05, 4.69) is 9.97 Å². The standard InChI is InChI=1S/C18H25N3O8/c1-17(2)26-9-12(28-17)14-11(27-18(3,4)29-14)8-7-10-13(21(22)23)15(24-5)20-16(19-10)25-6/h7-8,11-12,14H,9H2,1-6H3/b8-7+/t11-,12+,14-/m0/s1. The summed E-state index contributed by atoms with van der Waals surface area (Å²) >= 11 is 0. The van der Waals surface area contributed by atoms with E-state index in [-0.39, 0.29) is 29.4 Å². The number of aromatic nitrogens is 2. The summed E-state index contributed by atoms with van der Waals surface area (Å²) in [4.78, 5) is 18.8. The molecular formula is C18H25N3O8. The maximum absolute atomic E-state index is 11.5. The molecule has 11 heteroatoms. The first-order chi connectivity index (χ1) is 13.5. The molecule has 2 fully saturated rings. The molecule has 2 aliphatic rings. The van der Waals surface area contributed by atoms with Crippen LogP contribution in [0.4, 0.5) is 5.69 Å². The summed E-state index contributed by atoms with van der Waals surface area (Å²) in [6, 6.07) is -0.0538. The highest BCUT2D eigenvalue weighted by Crippen LogP contribution is 2.37. The lowest BCUT2D eigenvalue weighted by molar-refractivity contribution is -0.386. The molecule has 0 N–H and O–H groups in total. The lowest BCUT2D eigenvalue weighted by Gasteiger charge is -2.22. The van der Waals surface area contributed by atoms with Crippen molar-refractivity contribution in [3.8, 4) is 11.9 Å². The first kappa shape index (κ1) is 21.4. The second kappa shape index (κ2) is 7.82. The smallest absolute Gasteiger partial charge is 0.356 e. The average Bonchev–Trinajstić information content (AvgIpc) is 3.16. The quantitative estimate of drug-likeness (QED) is 0.507. The molecule has 2 aliphatic heterocycles. The van der Waals surface area contributed by atoms with E-state index < -0.39 is 28.7 Å². The third-order valence-electron chi connectivity index (χ3n) is 4.42. The van der Waals surface area contributed by atoms with Crippen LogP contribution in [-0.2, 0) is 18.9 Å². The molecule has 0 spiro atoms. The molecule has 0 aromatic carbocycles. The number of hydrogen-bond acceptors (Lipinski definition) is 10. The van der Waals surface area contributed by atoms with Crippen LogP contribution in [0.2, 0.25) is 0 Å². The van der Waals surface area contributed by atoms with E-state index in [1.54, 1.807) is 19.9 Å². The normalized spacial score (nSPS) is 28.0. The van der Waals surface area contributed by atoms with Crippen LogP contribution in [0.5, 0.6) is 11.9 Å². The molecule has 0 radical (unpaired) electrons. The van der Waals surface area contributed by atoms with Crippen LogP contribution < -0.4 is 9.47 Å². The minimum Gasteiger partial charge on any atom is -0.476 e. The van der Waals surface area contributed by atoms with Gasteiger partial charge in [-0.2, -0.15) is 9.97 Å². The highest BCUT2D eigenvalue weighted by molar-refractivity contribution is 5.62. The predicted molar refractivity (Wildman–Crippen MR) is 99.6 cm³/mol. The predicted octanol–water partition coefficient (Wildman–Crippen LogP) is 2.09. The Kier molecular flexibility index (Phi) is 5.77. The Hall–Kier alpha value is -2.34. The fraction of sp³-hybridized carbons (Fsp3) is 0.667. The maximum atomic E-state index is 11.5. The Labute approximate surface area is 168 Å². The number of hydrogen-bond donors (Lipinski definition) is 0. The molecule has 3 heterocycles. The van der Waals surface area contributed by atoms with E-state index in [0.717, 1.165) is 0 Å². The molecule has 0 aliphatic carbocycles. The lowest BCUT2D eigenvalue weighted by atomic mass is 10.1. The largest absolute Gasteiger partial charge is 0.476 e. The number of rotatable bonds is 6. The van der Waals surface area contributed by atoms with E-state index in [0.29, 0.717) is 6.61 Å². The van der Waals surface area contributed by atoms with Crippen molar-refractivity contribution in [1.82, 2.24) is 9.97 Å². The third kappa shape index (κ3) is 4.64. The van der Waals surface area contributed by atoms with Crippen LogP contribution in [-0.4, -0.2) is 65.6 Å².